The zero-order chi connectivity index (χ0) is 18.2. The Hall–Kier alpha value is -2.04. The van der Waals surface area contributed by atoms with Gasteiger partial charge in [-0.25, -0.2) is 0 Å². The van der Waals surface area contributed by atoms with Gasteiger partial charge in [0.15, 0.2) is 0 Å². The molecule has 4 nitrogen and oxygen atoms in total. The molecule has 1 saturated heterocycles. The van der Waals surface area contributed by atoms with Gasteiger partial charge in [0.25, 0.3) is 0 Å². The Labute approximate surface area is 156 Å². The minimum atomic E-state index is -0.480. The van der Waals surface area contributed by atoms with E-state index in [-0.39, 0.29) is 0 Å². The van der Waals surface area contributed by atoms with Gasteiger partial charge < -0.3 is 19.5 Å². The normalized spacial score (nSPS) is 17.0. The SMILES string of the molecule is COc1cccc(OC[C@H](O)CN2CCC(Cc3ccccc3)CC2)c1. The van der Waals surface area contributed by atoms with E-state index in [2.05, 4.69) is 35.2 Å². The van der Waals surface area contributed by atoms with Crippen LogP contribution in [0, 0.1) is 5.92 Å². The van der Waals surface area contributed by atoms with Gasteiger partial charge in [-0.1, -0.05) is 36.4 Å². The van der Waals surface area contributed by atoms with Crippen LogP contribution in [0.2, 0.25) is 0 Å². The van der Waals surface area contributed by atoms with E-state index < -0.39 is 6.10 Å². The topological polar surface area (TPSA) is 41.9 Å². The second kappa shape index (κ2) is 9.60. The third-order valence-corrected chi connectivity index (χ3v) is 5.03. The molecule has 0 aliphatic carbocycles. The van der Waals surface area contributed by atoms with E-state index in [1.54, 1.807) is 7.11 Å². The number of hydrogen-bond donors (Lipinski definition) is 1. The fraction of sp³-hybridized carbons (Fsp3) is 0.455. The molecular formula is C22H29NO3. The monoisotopic (exact) mass is 355 g/mol. The van der Waals surface area contributed by atoms with Crippen LogP contribution in [0.3, 0.4) is 0 Å². The van der Waals surface area contributed by atoms with E-state index in [1.165, 1.54) is 18.4 Å². The summed E-state index contributed by atoms with van der Waals surface area (Å²) in [5.74, 6) is 2.24. The van der Waals surface area contributed by atoms with Crippen molar-refractivity contribution in [3.05, 3.63) is 60.2 Å². The second-order valence-corrected chi connectivity index (χ2v) is 7.08. The summed E-state index contributed by atoms with van der Waals surface area (Å²) in [6.45, 7) is 3.07. The molecule has 0 amide bonds. The first kappa shape index (κ1) is 18.7. The fourth-order valence-corrected chi connectivity index (χ4v) is 3.55. The number of rotatable bonds is 8. The number of aliphatic hydroxyl groups is 1. The Balaban J connectivity index is 1.37. The van der Waals surface area contributed by atoms with Crippen molar-refractivity contribution in [2.75, 3.05) is 33.4 Å². The van der Waals surface area contributed by atoms with Crippen LogP contribution in [0.4, 0.5) is 0 Å². The highest BCUT2D eigenvalue weighted by Gasteiger charge is 2.21. The van der Waals surface area contributed by atoms with Crippen LogP contribution in [-0.4, -0.2) is 49.5 Å². The van der Waals surface area contributed by atoms with Crippen molar-refractivity contribution in [1.29, 1.82) is 0 Å². The highest BCUT2D eigenvalue weighted by molar-refractivity contribution is 5.32. The molecule has 0 radical (unpaired) electrons. The first-order valence-corrected chi connectivity index (χ1v) is 9.44. The molecule has 1 aliphatic heterocycles. The molecule has 2 aromatic carbocycles. The maximum atomic E-state index is 10.3. The molecule has 0 saturated carbocycles. The number of β-amino-alcohol motifs (C(OH)–C–C–N with tert-alkyl or cyclic N) is 1. The van der Waals surface area contributed by atoms with Crippen LogP contribution in [0.1, 0.15) is 18.4 Å². The molecule has 2 aromatic rings. The third kappa shape index (κ3) is 5.75. The van der Waals surface area contributed by atoms with Gasteiger partial charge in [0.2, 0.25) is 0 Å². The molecule has 4 heteroatoms. The summed E-state index contributed by atoms with van der Waals surface area (Å²) in [4.78, 5) is 2.35. The van der Waals surface area contributed by atoms with E-state index >= 15 is 0 Å². The largest absolute Gasteiger partial charge is 0.497 e. The summed E-state index contributed by atoms with van der Waals surface area (Å²) in [5, 5.41) is 10.3. The van der Waals surface area contributed by atoms with Crippen molar-refractivity contribution < 1.29 is 14.6 Å². The Morgan fingerprint density at radius 2 is 1.77 bits per heavy atom. The minimum absolute atomic E-state index is 0.303. The zero-order valence-electron chi connectivity index (χ0n) is 15.5. The van der Waals surface area contributed by atoms with E-state index in [1.807, 2.05) is 24.3 Å². The summed E-state index contributed by atoms with van der Waals surface area (Å²) >= 11 is 0. The molecule has 0 spiro atoms. The maximum absolute atomic E-state index is 10.3. The van der Waals surface area contributed by atoms with E-state index in [9.17, 15) is 5.11 Å². The van der Waals surface area contributed by atoms with Crippen molar-refractivity contribution in [2.45, 2.75) is 25.4 Å². The summed E-state index contributed by atoms with van der Waals surface area (Å²) in [5.41, 5.74) is 1.43. The Morgan fingerprint density at radius 1 is 1.04 bits per heavy atom. The van der Waals surface area contributed by atoms with Crippen molar-refractivity contribution in [3.63, 3.8) is 0 Å². The van der Waals surface area contributed by atoms with Gasteiger partial charge in [-0.3, -0.25) is 0 Å². The predicted molar refractivity (Wildman–Crippen MR) is 104 cm³/mol. The van der Waals surface area contributed by atoms with Crippen LogP contribution < -0.4 is 9.47 Å². The highest BCUT2D eigenvalue weighted by atomic mass is 16.5. The lowest BCUT2D eigenvalue weighted by atomic mass is 9.90. The number of methoxy groups -OCH3 is 1. The van der Waals surface area contributed by atoms with E-state index in [0.717, 1.165) is 36.9 Å². The van der Waals surface area contributed by atoms with Gasteiger partial charge in [0.1, 0.15) is 24.2 Å². The average Bonchev–Trinajstić information content (AvgIpc) is 2.69. The molecule has 26 heavy (non-hydrogen) atoms. The number of hydrogen-bond acceptors (Lipinski definition) is 4. The van der Waals surface area contributed by atoms with Gasteiger partial charge in [0.05, 0.1) is 7.11 Å². The van der Waals surface area contributed by atoms with Gasteiger partial charge in [-0.2, -0.15) is 0 Å². The number of benzene rings is 2. The van der Waals surface area contributed by atoms with Gasteiger partial charge in [-0.05, 0) is 56.0 Å². The van der Waals surface area contributed by atoms with Crippen molar-refractivity contribution in [3.8, 4) is 11.5 Å². The van der Waals surface area contributed by atoms with Crippen molar-refractivity contribution in [1.82, 2.24) is 4.90 Å². The van der Waals surface area contributed by atoms with Crippen molar-refractivity contribution >= 4 is 0 Å². The van der Waals surface area contributed by atoms with Crippen LogP contribution >= 0.6 is 0 Å². The molecule has 0 unspecified atom stereocenters. The lowest BCUT2D eigenvalue weighted by Gasteiger charge is -2.33. The van der Waals surface area contributed by atoms with Gasteiger partial charge in [0, 0.05) is 12.6 Å². The summed E-state index contributed by atoms with van der Waals surface area (Å²) < 4.78 is 10.9. The Kier molecular flexibility index (Phi) is 6.92. The molecule has 140 valence electrons. The van der Waals surface area contributed by atoms with Crippen molar-refractivity contribution in [2.24, 2.45) is 5.92 Å². The lowest BCUT2D eigenvalue weighted by Crippen LogP contribution is -2.41. The van der Waals surface area contributed by atoms with Gasteiger partial charge in [-0.15, -0.1) is 0 Å². The maximum Gasteiger partial charge on any atom is 0.123 e. The fourth-order valence-electron chi connectivity index (χ4n) is 3.55. The Bertz CT molecular complexity index is 653. The second-order valence-electron chi connectivity index (χ2n) is 7.08. The zero-order valence-corrected chi connectivity index (χ0v) is 15.5. The number of ether oxygens (including phenoxy) is 2. The number of nitrogens with zero attached hydrogens (tertiary/aromatic N) is 1. The quantitative estimate of drug-likeness (QED) is 0.788. The van der Waals surface area contributed by atoms with Crippen LogP contribution in [0.15, 0.2) is 54.6 Å². The predicted octanol–water partition coefficient (Wildman–Crippen LogP) is 3.39. The van der Waals surface area contributed by atoms with Crippen LogP contribution in [0.25, 0.3) is 0 Å². The summed E-state index contributed by atoms with van der Waals surface area (Å²) in [7, 11) is 1.63. The number of likely N-dealkylation sites (tertiary alicyclic amines) is 1. The standard InChI is InChI=1S/C22H29NO3/c1-25-21-8-5-9-22(15-21)26-17-20(24)16-23-12-10-19(11-13-23)14-18-6-3-2-4-7-18/h2-9,15,19-20,24H,10-14,16-17H2,1H3/t20-/m1/s1. The summed E-state index contributed by atoms with van der Waals surface area (Å²) in [6, 6.07) is 18.2. The Morgan fingerprint density at radius 3 is 2.50 bits per heavy atom. The molecule has 1 heterocycles. The molecule has 0 aromatic heterocycles. The minimum Gasteiger partial charge on any atom is -0.497 e. The molecule has 1 fully saturated rings. The molecule has 1 N–H and O–H groups in total. The molecule has 1 atom stereocenters. The first-order chi connectivity index (χ1) is 12.7. The smallest absolute Gasteiger partial charge is 0.123 e. The third-order valence-electron chi connectivity index (χ3n) is 5.03. The molecule has 1 aliphatic rings. The lowest BCUT2D eigenvalue weighted by molar-refractivity contribution is 0.0550. The highest BCUT2D eigenvalue weighted by Crippen LogP contribution is 2.22. The van der Waals surface area contributed by atoms with E-state index in [0.29, 0.717) is 13.2 Å². The average molecular weight is 355 g/mol. The summed E-state index contributed by atoms with van der Waals surface area (Å²) in [6.07, 6.45) is 3.07. The van der Waals surface area contributed by atoms with Crippen LogP contribution in [-0.2, 0) is 6.42 Å². The first-order valence-electron chi connectivity index (χ1n) is 9.44. The molecule has 0 bridgehead atoms. The van der Waals surface area contributed by atoms with E-state index in [4.69, 9.17) is 9.47 Å². The molecular weight excluding hydrogens is 326 g/mol. The number of piperidine rings is 1. The molecule has 3 rings (SSSR count). The van der Waals surface area contributed by atoms with Gasteiger partial charge >= 0.3 is 0 Å². The van der Waals surface area contributed by atoms with Crippen LogP contribution in [0.5, 0.6) is 11.5 Å². The number of aliphatic hydroxyl groups excluding tert-OH is 1.